The zero-order chi connectivity index (χ0) is 12.3. The minimum Gasteiger partial charge on any atom is -0.495 e. The molecular formula is C12H10Cl2N2O. The van der Waals surface area contributed by atoms with Crippen LogP contribution in [0.5, 0.6) is 5.75 Å². The molecule has 5 heteroatoms. The summed E-state index contributed by atoms with van der Waals surface area (Å²) in [6.07, 6.45) is 0. The lowest BCUT2D eigenvalue weighted by Gasteiger charge is -2.10. The number of hydrogen-bond acceptors (Lipinski definition) is 3. The number of ether oxygens (including phenoxy) is 1. The SMILES string of the molecule is COc1ccc(Cl)cc1Nc1cccc(Cl)n1. The van der Waals surface area contributed by atoms with Gasteiger partial charge < -0.3 is 10.1 Å². The van der Waals surface area contributed by atoms with Crippen molar-refractivity contribution in [3.63, 3.8) is 0 Å². The van der Waals surface area contributed by atoms with Crippen LogP contribution in [0.25, 0.3) is 0 Å². The van der Waals surface area contributed by atoms with Gasteiger partial charge >= 0.3 is 0 Å². The lowest BCUT2D eigenvalue weighted by Crippen LogP contribution is -1.96. The molecule has 0 saturated carbocycles. The number of benzene rings is 1. The summed E-state index contributed by atoms with van der Waals surface area (Å²) in [5.74, 6) is 1.33. The molecule has 0 atom stereocenters. The van der Waals surface area contributed by atoms with Crippen LogP contribution in [0, 0.1) is 0 Å². The number of halogens is 2. The minimum absolute atomic E-state index is 0.427. The molecule has 1 N–H and O–H groups in total. The summed E-state index contributed by atoms with van der Waals surface area (Å²) >= 11 is 11.7. The maximum absolute atomic E-state index is 5.93. The van der Waals surface area contributed by atoms with Crippen molar-refractivity contribution >= 4 is 34.7 Å². The summed E-state index contributed by atoms with van der Waals surface area (Å²) in [5.41, 5.74) is 0.745. The lowest BCUT2D eigenvalue weighted by atomic mass is 10.3. The van der Waals surface area contributed by atoms with Gasteiger partial charge in [-0.2, -0.15) is 0 Å². The molecule has 88 valence electrons. The maximum atomic E-state index is 5.93. The summed E-state index contributed by atoms with van der Waals surface area (Å²) in [6, 6.07) is 10.7. The molecule has 0 saturated heterocycles. The van der Waals surface area contributed by atoms with Crippen LogP contribution in [0.1, 0.15) is 0 Å². The molecule has 3 nitrogen and oxygen atoms in total. The highest BCUT2D eigenvalue weighted by Gasteiger charge is 2.05. The Balaban J connectivity index is 2.32. The molecule has 0 aliphatic heterocycles. The van der Waals surface area contributed by atoms with Gasteiger partial charge in [-0.25, -0.2) is 4.98 Å². The van der Waals surface area contributed by atoms with Crippen molar-refractivity contribution in [3.8, 4) is 5.75 Å². The number of nitrogens with one attached hydrogen (secondary N) is 1. The van der Waals surface area contributed by atoms with Crippen molar-refractivity contribution < 1.29 is 4.74 Å². The molecule has 0 bridgehead atoms. The summed E-state index contributed by atoms with van der Waals surface area (Å²) in [4.78, 5) is 4.13. The van der Waals surface area contributed by atoms with Crippen molar-refractivity contribution in [1.82, 2.24) is 4.98 Å². The van der Waals surface area contributed by atoms with Gasteiger partial charge in [0, 0.05) is 5.02 Å². The Morgan fingerprint density at radius 2 is 2.00 bits per heavy atom. The average molecular weight is 269 g/mol. The molecule has 0 aliphatic rings. The Bertz CT molecular complexity index is 532. The van der Waals surface area contributed by atoms with Gasteiger partial charge in [-0.15, -0.1) is 0 Å². The molecule has 0 unspecified atom stereocenters. The Morgan fingerprint density at radius 3 is 2.71 bits per heavy atom. The monoisotopic (exact) mass is 268 g/mol. The van der Waals surface area contributed by atoms with Crippen LogP contribution in [-0.4, -0.2) is 12.1 Å². The van der Waals surface area contributed by atoms with Crippen LogP contribution >= 0.6 is 23.2 Å². The fourth-order valence-electron chi connectivity index (χ4n) is 1.39. The van der Waals surface area contributed by atoms with Crippen LogP contribution in [0.3, 0.4) is 0 Å². The van der Waals surface area contributed by atoms with Gasteiger partial charge in [0.05, 0.1) is 12.8 Å². The van der Waals surface area contributed by atoms with E-state index in [1.54, 1.807) is 31.4 Å². The average Bonchev–Trinajstić information content (AvgIpc) is 2.29. The van der Waals surface area contributed by atoms with Gasteiger partial charge in [0.25, 0.3) is 0 Å². The zero-order valence-electron chi connectivity index (χ0n) is 9.08. The molecule has 2 aromatic rings. The number of nitrogens with zero attached hydrogens (tertiary/aromatic N) is 1. The molecule has 17 heavy (non-hydrogen) atoms. The normalized spacial score (nSPS) is 10.1. The third kappa shape index (κ3) is 3.02. The second kappa shape index (κ2) is 5.25. The van der Waals surface area contributed by atoms with Crippen molar-refractivity contribution in [1.29, 1.82) is 0 Å². The molecule has 1 aromatic heterocycles. The van der Waals surface area contributed by atoms with E-state index in [1.165, 1.54) is 0 Å². The molecule has 0 amide bonds. The Kier molecular flexibility index (Phi) is 3.71. The molecule has 0 spiro atoms. The van der Waals surface area contributed by atoms with Crippen LogP contribution in [0.2, 0.25) is 10.2 Å². The summed E-state index contributed by atoms with van der Waals surface area (Å²) < 4.78 is 5.22. The summed E-state index contributed by atoms with van der Waals surface area (Å²) in [7, 11) is 1.60. The van der Waals surface area contributed by atoms with E-state index in [-0.39, 0.29) is 0 Å². The number of aromatic nitrogens is 1. The van der Waals surface area contributed by atoms with Crippen molar-refractivity contribution in [3.05, 3.63) is 46.6 Å². The first-order valence-electron chi connectivity index (χ1n) is 4.92. The Labute approximate surface area is 109 Å². The van der Waals surface area contributed by atoms with E-state index in [2.05, 4.69) is 10.3 Å². The van der Waals surface area contributed by atoms with Crippen molar-refractivity contribution in [2.24, 2.45) is 0 Å². The second-order valence-corrected chi connectivity index (χ2v) is 4.14. The number of pyridine rings is 1. The maximum Gasteiger partial charge on any atom is 0.142 e. The summed E-state index contributed by atoms with van der Waals surface area (Å²) in [5, 5.41) is 4.15. The highest BCUT2D eigenvalue weighted by Crippen LogP contribution is 2.30. The first-order valence-corrected chi connectivity index (χ1v) is 5.68. The van der Waals surface area contributed by atoms with Crippen LogP contribution in [-0.2, 0) is 0 Å². The molecule has 0 fully saturated rings. The smallest absolute Gasteiger partial charge is 0.142 e. The fraction of sp³-hybridized carbons (Fsp3) is 0.0833. The minimum atomic E-state index is 0.427. The molecule has 0 radical (unpaired) electrons. The first kappa shape index (κ1) is 12.0. The third-order valence-corrected chi connectivity index (χ3v) is 2.58. The molecule has 2 rings (SSSR count). The Hall–Kier alpha value is -1.45. The predicted molar refractivity (Wildman–Crippen MR) is 70.5 cm³/mol. The quantitative estimate of drug-likeness (QED) is 0.850. The number of hydrogen-bond donors (Lipinski definition) is 1. The first-order chi connectivity index (χ1) is 8.19. The number of methoxy groups -OCH3 is 1. The summed E-state index contributed by atoms with van der Waals surface area (Å²) in [6.45, 7) is 0. The van der Waals surface area contributed by atoms with Crippen LogP contribution < -0.4 is 10.1 Å². The molecule has 1 aromatic carbocycles. The molecule has 0 aliphatic carbocycles. The highest BCUT2D eigenvalue weighted by atomic mass is 35.5. The lowest BCUT2D eigenvalue weighted by molar-refractivity contribution is 0.417. The molecular weight excluding hydrogens is 259 g/mol. The molecule has 1 heterocycles. The van der Waals surface area contributed by atoms with Gasteiger partial charge in [0.15, 0.2) is 0 Å². The van der Waals surface area contributed by atoms with Gasteiger partial charge in [0.1, 0.15) is 16.7 Å². The van der Waals surface area contributed by atoms with E-state index in [9.17, 15) is 0 Å². The van der Waals surface area contributed by atoms with Gasteiger partial charge in [-0.05, 0) is 30.3 Å². The van der Waals surface area contributed by atoms with Crippen molar-refractivity contribution in [2.75, 3.05) is 12.4 Å². The van der Waals surface area contributed by atoms with E-state index < -0.39 is 0 Å². The third-order valence-electron chi connectivity index (χ3n) is 2.14. The van der Waals surface area contributed by atoms with Crippen LogP contribution in [0.4, 0.5) is 11.5 Å². The van der Waals surface area contributed by atoms with E-state index in [0.29, 0.717) is 21.7 Å². The zero-order valence-corrected chi connectivity index (χ0v) is 10.6. The largest absolute Gasteiger partial charge is 0.495 e. The highest BCUT2D eigenvalue weighted by molar-refractivity contribution is 6.31. The van der Waals surface area contributed by atoms with E-state index >= 15 is 0 Å². The van der Waals surface area contributed by atoms with Crippen LogP contribution in [0.15, 0.2) is 36.4 Å². The predicted octanol–water partition coefficient (Wildman–Crippen LogP) is 4.14. The van der Waals surface area contributed by atoms with E-state index in [4.69, 9.17) is 27.9 Å². The van der Waals surface area contributed by atoms with Gasteiger partial charge in [0.2, 0.25) is 0 Å². The topological polar surface area (TPSA) is 34.1 Å². The van der Waals surface area contributed by atoms with E-state index in [1.807, 2.05) is 12.1 Å². The van der Waals surface area contributed by atoms with Gasteiger partial charge in [-0.3, -0.25) is 0 Å². The second-order valence-electron chi connectivity index (χ2n) is 3.32. The Morgan fingerprint density at radius 1 is 1.18 bits per heavy atom. The number of anilines is 2. The van der Waals surface area contributed by atoms with E-state index in [0.717, 1.165) is 5.69 Å². The van der Waals surface area contributed by atoms with Crippen molar-refractivity contribution in [2.45, 2.75) is 0 Å². The number of rotatable bonds is 3. The fourth-order valence-corrected chi connectivity index (χ4v) is 1.73. The van der Waals surface area contributed by atoms with Gasteiger partial charge in [-0.1, -0.05) is 29.3 Å². The standard InChI is InChI=1S/C12H10Cl2N2O/c1-17-10-6-5-8(13)7-9(10)15-12-4-2-3-11(14)16-12/h2-7H,1H3,(H,15,16).